The first-order chi connectivity index (χ1) is 8.65. The van der Waals surface area contributed by atoms with Crippen molar-refractivity contribution in [1.29, 1.82) is 0 Å². The summed E-state index contributed by atoms with van der Waals surface area (Å²) < 4.78 is 12.7. The molecule has 0 aliphatic carbocycles. The fourth-order valence-corrected chi connectivity index (χ4v) is 2.13. The summed E-state index contributed by atoms with van der Waals surface area (Å²) in [5.74, 6) is -0.563. The number of aromatic nitrogens is 2. The molecule has 0 saturated carbocycles. The molecule has 0 spiro atoms. The highest BCUT2D eigenvalue weighted by Crippen LogP contribution is 2.08. The van der Waals surface area contributed by atoms with Crippen LogP contribution in [0.5, 0.6) is 0 Å². The Labute approximate surface area is 108 Å². The fourth-order valence-electron chi connectivity index (χ4n) is 1.42. The van der Waals surface area contributed by atoms with Crippen LogP contribution in [0.4, 0.5) is 4.39 Å². The van der Waals surface area contributed by atoms with Gasteiger partial charge >= 0.3 is 0 Å². The molecule has 6 heteroatoms. The molecule has 1 amide bonds. The largest absolute Gasteiger partial charge is 0.352 e. The maximum absolute atomic E-state index is 12.7. The van der Waals surface area contributed by atoms with Crippen molar-refractivity contribution in [2.75, 3.05) is 6.54 Å². The Bertz CT molecular complexity index is 539. The van der Waals surface area contributed by atoms with Gasteiger partial charge in [0.1, 0.15) is 15.8 Å². The van der Waals surface area contributed by atoms with Gasteiger partial charge in [0, 0.05) is 18.5 Å². The lowest BCUT2D eigenvalue weighted by Gasteiger charge is -2.03. The zero-order valence-electron chi connectivity index (χ0n) is 9.81. The van der Waals surface area contributed by atoms with Crippen molar-refractivity contribution in [1.82, 2.24) is 15.5 Å². The van der Waals surface area contributed by atoms with Gasteiger partial charge in [-0.25, -0.2) is 4.39 Å². The average molecular weight is 265 g/mol. The van der Waals surface area contributed by atoms with Crippen molar-refractivity contribution in [2.45, 2.75) is 13.3 Å². The van der Waals surface area contributed by atoms with Crippen molar-refractivity contribution in [2.24, 2.45) is 0 Å². The summed E-state index contributed by atoms with van der Waals surface area (Å²) in [6.07, 6.45) is 0.651. The summed E-state index contributed by atoms with van der Waals surface area (Å²) >= 11 is 1.51. The van der Waals surface area contributed by atoms with Gasteiger partial charge in [0.05, 0.1) is 0 Å². The molecule has 2 rings (SSSR count). The predicted molar refractivity (Wildman–Crippen MR) is 67.1 cm³/mol. The third kappa shape index (κ3) is 3.33. The van der Waals surface area contributed by atoms with Gasteiger partial charge in [-0.15, -0.1) is 21.5 Å². The number of carbonyl (C=O) groups excluding carboxylic acids is 1. The van der Waals surface area contributed by atoms with E-state index in [2.05, 4.69) is 15.5 Å². The van der Waals surface area contributed by atoms with Crippen LogP contribution in [0, 0.1) is 12.7 Å². The molecule has 1 N–H and O–H groups in total. The monoisotopic (exact) mass is 265 g/mol. The highest BCUT2D eigenvalue weighted by molar-refractivity contribution is 7.11. The molecule has 0 atom stereocenters. The predicted octanol–water partition coefficient (Wildman–Crippen LogP) is 1.96. The smallest absolute Gasteiger partial charge is 0.251 e. The Morgan fingerprint density at radius 1 is 1.33 bits per heavy atom. The molecule has 0 bridgehead atoms. The van der Waals surface area contributed by atoms with Crippen molar-refractivity contribution in [3.8, 4) is 0 Å². The van der Waals surface area contributed by atoms with Crippen LogP contribution >= 0.6 is 11.3 Å². The first kappa shape index (κ1) is 12.6. The van der Waals surface area contributed by atoms with E-state index in [1.54, 1.807) is 0 Å². The van der Waals surface area contributed by atoms with Crippen LogP contribution in [-0.2, 0) is 6.42 Å². The fraction of sp³-hybridized carbons (Fsp3) is 0.250. The highest BCUT2D eigenvalue weighted by atomic mass is 32.1. The summed E-state index contributed by atoms with van der Waals surface area (Å²) in [5.41, 5.74) is 0.449. The molecule has 0 aliphatic heterocycles. The van der Waals surface area contributed by atoms with E-state index in [0.29, 0.717) is 18.5 Å². The van der Waals surface area contributed by atoms with E-state index in [1.165, 1.54) is 35.6 Å². The second-order valence-corrected chi connectivity index (χ2v) is 4.99. The summed E-state index contributed by atoms with van der Waals surface area (Å²) in [6, 6.07) is 5.45. The topological polar surface area (TPSA) is 54.9 Å². The second-order valence-electron chi connectivity index (χ2n) is 3.73. The van der Waals surface area contributed by atoms with Gasteiger partial charge in [-0.05, 0) is 31.2 Å². The Balaban J connectivity index is 1.83. The molecule has 18 heavy (non-hydrogen) atoms. The van der Waals surface area contributed by atoms with Gasteiger partial charge in [-0.1, -0.05) is 0 Å². The third-order valence-corrected chi connectivity index (χ3v) is 3.20. The van der Waals surface area contributed by atoms with Gasteiger partial charge in [0.15, 0.2) is 0 Å². The maximum atomic E-state index is 12.7. The normalized spacial score (nSPS) is 10.3. The quantitative estimate of drug-likeness (QED) is 0.919. The molecule has 0 radical (unpaired) electrons. The van der Waals surface area contributed by atoms with E-state index in [9.17, 15) is 9.18 Å². The van der Waals surface area contributed by atoms with E-state index >= 15 is 0 Å². The number of nitrogens with one attached hydrogen (secondary N) is 1. The van der Waals surface area contributed by atoms with Crippen LogP contribution in [0.3, 0.4) is 0 Å². The van der Waals surface area contributed by atoms with E-state index < -0.39 is 0 Å². The minimum Gasteiger partial charge on any atom is -0.352 e. The number of amides is 1. The SMILES string of the molecule is Cc1nnc(CCNC(=O)c2ccc(F)cc2)s1. The van der Waals surface area contributed by atoms with Crippen LogP contribution < -0.4 is 5.32 Å². The molecule has 2 aromatic rings. The molecule has 4 nitrogen and oxygen atoms in total. The van der Waals surface area contributed by atoms with E-state index in [4.69, 9.17) is 0 Å². The van der Waals surface area contributed by atoms with Gasteiger partial charge in [0.25, 0.3) is 5.91 Å². The Morgan fingerprint density at radius 2 is 2.06 bits per heavy atom. The lowest BCUT2D eigenvalue weighted by atomic mass is 10.2. The number of hydrogen-bond acceptors (Lipinski definition) is 4. The molecule has 0 saturated heterocycles. The number of carbonyl (C=O) groups is 1. The minimum absolute atomic E-state index is 0.212. The summed E-state index contributed by atoms with van der Waals surface area (Å²) in [4.78, 5) is 11.7. The Kier molecular flexibility index (Phi) is 3.99. The van der Waals surface area contributed by atoms with Crippen molar-refractivity contribution in [3.63, 3.8) is 0 Å². The van der Waals surface area contributed by atoms with Crippen molar-refractivity contribution < 1.29 is 9.18 Å². The zero-order chi connectivity index (χ0) is 13.0. The summed E-state index contributed by atoms with van der Waals surface area (Å²) in [5, 5.41) is 12.4. The van der Waals surface area contributed by atoms with Crippen molar-refractivity contribution >= 4 is 17.2 Å². The van der Waals surface area contributed by atoms with Crippen LogP contribution in [-0.4, -0.2) is 22.6 Å². The molecule has 0 fully saturated rings. The lowest BCUT2D eigenvalue weighted by molar-refractivity contribution is 0.0954. The Hall–Kier alpha value is -1.82. The number of benzene rings is 1. The molecule has 1 aromatic heterocycles. The number of hydrogen-bond donors (Lipinski definition) is 1. The lowest BCUT2D eigenvalue weighted by Crippen LogP contribution is -2.25. The maximum Gasteiger partial charge on any atom is 0.251 e. The molecule has 0 aliphatic rings. The second kappa shape index (κ2) is 5.68. The first-order valence-electron chi connectivity index (χ1n) is 5.48. The van der Waals surface area contributed by atoms with Crippen molar-refractivity contribution in [3.05, 3.63) is 45.7 Å². The summed E-state index contributed by atoms with van der Waals surface area (Å²) in [7, 11) is 0. The minimum atomic E-state index is -0.351. The van der Waals surface area contributed by atoms with Gasteiger partial charge in [0.2, 0.25) is 0 Å². The van der Waals surface area contributed by atoms with Crippen LogP contribution in [0.25, 0.3) is 0 Å². The number of aryl methyl sites for hydroxylation is 1. The molecule has 94 valence electrons. The molecule has 1 heterocycles. The van der Waals surface area contributed by atoms with Crippen LogP contribution in [0.15, 0.2) is 24.3 Å². The highest BCUT2D eigenvalue weighted by Gasteiger charge is 2.06. The molecule has 1 aromatic carbocycles. The van der Waals surface area contributed by atoms with E-state index in [1.807, 2.05) is 6.92 Å². The number of nitrogens with zero attached hydrogens (tertiary/aromatic N) is 2. The third-order valence-electron chi connectivity index (χ3n) is 2.30. The van der Waals surface area contributed by atoms with Gasteiger partial charge in [-0.3, -0.25) is 4.79 Å². The summed E-state index contributed by atoms with van der Waals surface area (Å²) in [6.45, 7) is 2.38. The number of rotatable bonds is 4. The van der Waals surface area contributed by atoms with Gasteiger partial charge < -0.3 is 5.32 Å². The molecular weight excluding hydrogens is 253 g/mol. The molecule has 0 unspecified atom stereocenters. The standard InChI is InChI=1S/C12H12FN3OS/c1-8-15-16-11(18-8)6-7-14-12(17)9-2-4-10(13)5-3-9/h2-5H,6-7H2,1H3,(H,14,17). The van der Waals surface area contributed by atoms with Crippen LogP contribution in [0.1, 0.15) is 20.4 Å². The first-order valence-corrected chi connectivity index (χ1v) is 6.29. The van der Waals surface area contributed by atoms with Crippen LogP contribution in [0.2, 0.25) is 0 Å². The van der Waals surface area contributed by atoms with Gasteiger partial charge in [-0.2, -0.15) is 0 Å². The Morgan fingerprint density at radius 3 is 2.67 bits per heavy atom. The zero-order valence-corrected chi connectivity index (χ0v) is 10.6. The number of halogens is 1. The average Bonchev–Trinajstić information content (AvgIpc) is 2.76. The van der Waals surface area contributed by atoms with E-state index in [0.717, 1.165) is 10.0 Å². The van der Waals surface area contributed by atoms with E-state index in [-0.39, 0.29) is 11.7 Å². The molecular formula is C12H12FN3OS.